The number of benzene rings is 3. The van der Waals surface area contributed by atoms with Crippen LogP contribution in [0.5, 0.6) is 0 Å². The predicted molar refractivity (Wildman–Crippen MR) is 106 cm³/mol. The standard InChI is InChI=1S/C21H20N2O3S/c1-13-19-12-16(10-11-20(19)22-21(13)24)27(25,26)23-14(2)17-9-5-7-15-6-3-4-8-18(15)17/h3-14,23H,1-2H3,(H,22,24)/t13-,14-/m0/s1. The van der Waals surface area contributed by atoms with Gasteiger partial charge in [-0.3, -0.25) is 4.79 Å². The van der Waals surface area contributed by atoms with Gasteiger partial charge in [0, 0.05) is 11.7 Å². The molecule has 3 aromatic carbocycles. The zero-order valence-electron chi connectivity index (χ0n) is 15.1. The zero-order chi connectivity index (χ0) is 19.2. The van der Waals surface area contributed by atoms with Gasteiger partial charge in [0.1, 0.15) is 0 Å². The molecule has 5 nitrogen and oxygen atoms in total. The molecule has 3 aromatic rings. The van der Waals surface area contributed by atoms with E-state index in [2.05, 4.69) is 10.0 Å². The van der Waals surface area contributed by atoms with E-state index in [9.17, 15) is 13.2 Å². The van der Waals surface area contributed by atoms with Gasteiger partial charge in [-0.1, -0.05) is 42.5 Å². The minimum absolute atomic E-state index is 0.114. The molecule has 0 bridgehead atoms. The van der Waals surface area contributed by atoms with Gasteiger partial charge in [-0.05, 0) is 53.9 Å². The molecule has 0 unspecified atom stereocenters. The van der Waals surface area contributed by atoms with Crippen LogP contribution in [0.4, 0.5) is 5.69 Å². The number of fused-ring (bicyclic) bond motifs is 2. The van der Waals surface area contributed by atoms with Crippen LogP contribution in [0.1, 0.15) is 36.9 Å². The third-order valence-electron chi connectivity index (χ3n) is 5.07. The van der Waals surface area contributed by atoms with Crippen molar-refractivity contribution >= 4 is 32.4 Å². The molecule has 0 aliphatic carbocycles. The van der Waals surface area contributed by atoms with Gasteiger partial charge in [0.2, 0.25) is 15.9 Å². The monoisotopic (exact) mass is 380 g/mol. The highest BCUT2D eigenvalue weighted by atomic mass is 32.2. The molecule has 0 radical (unpaired) electrons. The van der Waals surface area contributed by atoms with Gasteiger partial charge in [-0.15, -0.1) is 0 Å². The van der Waals surface area contributed by atoms with Gasteiger partial charge < -0.3 is 5.32 Å². The highest BCUT2D eigenvalue weighted by molar-refractivity contribution is 7.89. The minimum Gasteiger partial charge on any atom is -0.325 e. The fraction of sp³-hybridized carbons (Fsp3) is 0.190. The molecular formula is C21H20N2O3S. The second-order valence-corrected chi connectivity index (χ2v) is 8.59. The topological polar surface area (TPSA) is 75.3 Å². The maximum atomic E-state index is 12.9. The highest BCUT2D eigenvalue weighted by Gasteiger charge is 2.29. The van der Waals surface area contributed by atoms with Crippen LogP contribution in [0.3, 0.4) is 0 Å². The van der Waals surface area contributed by atoms with Crippen LogP contribution in [0.15, 0.2) is 65.6 Å². The normalized spacial score (nSPS) is 17.6. The summed E-state index contributed by atoms with van der Waals surface area (Å²) in [6, 6.07) is 18.1. The first kappa shape index (κ1) is 17.7. The molecule has 138 valence electrons. The summed E-state index contributed by atoms with van der Waals surface area (Å²) in [5, 5.41) is 4.85. The summed E-state index contributed by atoms with van der Waals surface area (Å²) in [5.74, 6) is -0.470. The number of rotatable bonds is 4. The first-order valence-corrected chi connectivity index (χ1v) is 10.3. The average Bonchev–Trinajstić information content (AvgIpc) is 2.94. The summed E-state index contributed by atoms with van der Waals surface area (Å²) < 4.78 is 28.6. The molecule has 0 saturated carbocycles. The Bertz CT molecular complexity index is 1150. The molecule has 27 heavy (non-hydrogen) atoms. The summed E-state index contributed by atoms with van der Waals surface area (Å²) in [6.45, 7) is 3.60. The third kappa shape index (κ3) is 3.11. The van der Waals surface area contributed by atoms with E-state index in [0.717, 1.165) is 16.3 Å². The van der Waals surface area contributed by atoms with Gasteiger partial charge in [0.15, 0.2) is 0 Å². The quantitative estimate of drug-likeness (QED) is 0.720. The van der Waals surface area contributed by atoms with Crippen molar-refractivity contribution in [3.05, 3.63) is 71.8 Å². The molecular weight excluding hydrogens is 360 g/mol. The summed E-state index contributed by atoms with van der Waals surface area (Å²) in [7, 11) is -3.73. The molecule has 4 rings (SSSR count). The molecule has 2 N–H and O–H groups in total. The van der Waals surface area contributed by atoms with Crippen LogP contribution in [-0.4, -0.2) is 14.3 Å². The summed E-state index contributed by atoms with van der Waals surface area (Å²) >= 11 is 0. The summed E-state index contributed by atoms with van der Waals surface area (Å²) in [6.07, 6.45) is 0. The van der Waals surface area contributed by atoms with Gasteiger partial charge in [0.05, 0.1) is 10.8 Å². The van der Waals surface area contributed by atoms with Gasteiger partial charge in [-0.2, -0.15) is 0 Å². The summed E-state index contributed by atoms with van der Waals surface area (Å²) in [5.41, 5.74) is 2.30. The number of amides is 1. The Morgan fingerprint density at radius 2 is 1.78 bits per heavy atom. The Kier molecular flexibility index (Phi) is 4.25. The lowest BCUT2D eigenvalue weighted by molar-refractivity contribution is -0.116. The highest BCUT2D eigenvalue weighted by Crippen LogP contribution is 2.34. The van der Waals surface area contributed by atoms with Crippen molar-refractivity contribution in [3.8, 4) is 0 Å². The van der Waals surface area contributed by atoms with E-state index in [4.69, 9.17) is 0 Å². The predicted octanol–water partition coefficient (Wildman–Crippen LogP) is 3.93. The van der Waals surface area contributed by atoms with Crippen molar-refractivity contribution in [1.29, 1.82) is 0 Å². The second-order valence-electron chi connectivity index (χ2n) is 6.87. The van der Waals surface area contributed by atoms with E-state index >= 15 is 0 Å². The number of carbonyl (C=O) groups is 1. The first-order valence-electron chi connectivity index (χ1n) is 8.81. The fourth-order valence-electron chi connectivity index (χ4n) is 3.55. The van der Waals surface area contributed by atoms with Crippen molar-refractivity contribution in [2.45, 2.75) is 30.7 Å². The number of sulfonamides is 1. The van der Waals surface area contributed by atoms with Gasteiger partial charge in [-0.25, -0.2) is 13.1 Å². The van der Waals surface area contributed by atoms with E-state index in [1.54, 1.807) is 19.1 Å². The van der Waals surface area contributed by atoms with E-state index in [1.807, 2.05) is 49.4 Å². The number of nitrogens with one attached hydrogen (secondary N) is 2. The van der Waals surface area contributed by atoms with E-state index < -0.39 is 16.1 Å². The largest absolute Gasteiger partial charge is 0.325 e. The molecule has 6 heteroatoms. The van der Waals surface area contributed by atoms with Crippen molar-refractivity contribution < 1.29 is 13.2 Å². The summed E-state index contributed by atoms with van der Waals surface area (Å²) in [4.78, 5) is 12.0. The van der Waals surface area contributed by atoms with Crippen LogP contribution in [-0.2, 0) is 14.8 Å². The maximum absolute atomic E-state index is 12.9. The fourth-order valence-corrected chi connectivity index (χ4v) is 4.81. The van der Waals surface area contributed by atoms with E-state index in [0.29, 0.717) is 11.3 Å². The first-order chi connectivity index (χ1) is 12.9. The SMILES string of the molecule is C[C@H](NS(=O)(=O)c1ccc2c(c1)[C@H](C)C(=O)N2)c1cccc2ccccc12. The Balaban J connectivity index is 1.67. The molecule has 1 amide bonds. The lowest BCUT2D eigenvalue weighted by Crippen LogP contribution is -2.27. The number of hydrogen-bond donors (Lipinski definition) is 2. The van der Waals surface area contributed by atoms with E-state index in [1.165, 1.54) is 6.07 Å². The van der Waals surface area contributed by atoms with Crippen molar-refractivity contribution in [1.82, 2.24) is 4.72 Å². The molecule has 0 saturated heterocycles. The van der Waals surface area contributed by atoms with Gasteiger partial charge in [0.25, 0.3) is 0 Å². The van der Waals surface area contributed by atoms with Gasteiger partial charge >= 0.3 is 0 Å². The number of carbonyl (C=O) groups excluding carboxylic acids is 1. The molecule has 2 atom stereocenters. The smallest absolute Gasteiger partial charge is 0.241 e. The van der Waals surface area contributed by atoms with Crippen LogP contribution in [0.25, 0.3) is 10.8 Å². The lowest BCUT2D eigenvalue weighted by Gasteiger charge is -2.17. The van der Waals surface area contributed by atoms with Crippen LogP contribution in [0, 0.1) is 0 Å². The second kappa shape index (κ2) is 6.48. The number of hydrogen-bond acceptors (Lipinski definition) is 3. The van der Waals surface area contributed by atoms with Crippen LogP contribution >= 0.6 is 0 Å². The molecule has 1 aliphatic rings. The third-order valence-corrected chi connectivity index (χ3v) is 6.61. The van der Waals surface area contributed by atoms with Crippen molar-refractivity contribution in [2.24, 2.45) is 0 Å². The van der Waals surface area contributed by atoms with Crippen molar-refractivity contribution in [2.75, 3.05) is 5.32 Å². The Hall–Kier alpha value is -2.70. The zero-order valence-corrected chi connectivity index (χ0v) is 15.9. The Morgan fingerprint density at radius 3 is 2.59 bits per heavy atom. The molecule has 0 fully saturated rings. The number of anilines is 1. The maximum Gasteiger partial charge on any atom is 0.241 e. The average molecular weight is 380 g/mol. The molecule has 0 aromatic heterocycles. The van der Waals surface area contributed by atoms with Crippen LogP contribution in [0.2, 0.25) is 0 Å². The molecule has 1 heterocycles. The lowest BCUT2D eigenvalue weighted by atomic mass is 10.0. The Labute approximate surface area is 158 Å². The minimum atomic E-state index is -3.73. The van der Waals surface area contributed by atoms with Crippen molar-refractivity contribution in [3.63, 3.8) is 0 Å². The molecule has 0 spiro atoms. The molecule has 1 aliphatic heterocycles. The van der Waals surface area contributed by atoms with Crippen LogP contribution < -0.4 is 10.0 Å². The van der Waals surface area contributed by atoms with E-state index in [-0.39, 0.29) is 16.7 Å². The Morgan fingerprint density at radius 1 is 1.04 bits per heavy atom.